The molecule has 1 unspecified atom stereocenters. The quantitative estimate of drug-likeness (QED) is 0.811. The lowest BCUT2D eigenvalue weighted by atomic mass is 10.5. The number of nitrogens with one attached hydrogen (secondary N) is 1. The third kappa shape index (κ3) is 2.52. The fourth-order valence-corrected chi connectivity index (χ4v) is 1.59. The van der Waals surface area contributed by atoms with Gasteiger partial charge in [0.1, 0.15) is 5.00 Å². The Balaban J connectivity index is 2.75. The average Bonchev–Trinajstić information content (AvgIpc) is 2.36. The molecule has 0 aliphatic heterocycles. The smallest absolute Gasteiger partial charge is 0.275 e. The highest BCUT2D eigenvalue weighted by Gasteiger charge is 2.17. The molecule has 1 aromatic heterocycles. The lowest BCUT2D eigenvalue weighted by molar-refractivity contribution is -0.118. The molecule has 0 aromatic carbocycles. The number of halogens is 3. The summed E-state index contributed by atoms with van der Waals surface area (Å²) < 4.78 is 16.1. The van der Waals surface area contributed by atoms with Gasteiger partial charge in [-0.2, -0.15) is 4.37 Å². The third-order valence-corrected chi connectivity index (χ3v) is 2.85. The van der Waals surface area contributed by atoms with E-state index in [0.29, 0.717) is 15.7 Å². The maximum absolute atomic E-state index is 12.2. The number of carbonyl (C=O) groups excluding carboxylic acids is 1. The van der Waals surface area contributed by atoms with Crippen LogP contribution < -0.4 is 5.32 Å². The van der Waals surface area contributed by atoms with E-state index in [9.17, 15) is 9.18 Å². The molecular weight excluding hydrogens is 238 g/mol. The lowest BCUT2D eigenvalue weighted by Crippen LogP contribution is -2.18. The third-order valence-electron chi connectivity index (χ3n) is 1.23. The summed E-state index contributed by atoms with van der Waals surface area (Å²) in [6.07, 6.45) is 0. The molecule has 0 bridgehead atoms. The van der Waals surface area contributed by atoms with E-state index in [1.165, 1.54) is 0 Å². The number of anilines is 1. The van der Waals surface area contributed by atoms with Crippen molar-refractivity contribution < 1.29 is 9.18 Å². The molecule has 7 heteroatoms. The van der Waals surface area contributed by atoms with Crippen LogP contribution in [0, 0.1) is 6.92 Å². The average molecular weight is 243 g/mol. The number of hydrogen-bond donors (Lipinski definition) is 1. The SMILES string of the molecule is Cc1nsc(NC(=O)C(F)Cl)c1Cl. The van der Waals surface area contributed by atoms with Crippen LogP contribution in [0.25, 0.3) is 0 Å². The molecule has 1 aromatic rings. The fraction of sp³-hybridized carbons (Fsp3) is 0.333. The van der Waals surface area contributed by atoms with E-state index < -0.39 is 11.5 Å². The molecule has 1 heterocycles. The van der Waals surface area contributed by atoms with Gasteiger partial charge in [0.15, 0.2) is 0 Å². The number of amides is 1. The zero-order chi connectivity index (χ0) is 10.0. The number of hydrogen-bond acceptors (Lipinski definition) is 3. The van der Waals surface area contributed by atoms with Crippen LogP contribution in [0.3, 0.4) is 0 Å². The van der Waals surface area contributed by atoms with Gasteiger partial charge < -0.3 is 5.32 Å². The molecule has 1 N–H and O–H groups in total. The Morgan fingerprint density at radius 3 is 2.77 bits per heavy atom. The molecule has 1 amide bonds. The monoisotopic (exact) mass is 242 g/mol. The Labute approximate surface area is 88.0 Å². The summed E-state index contributed by atoms with van der Waals surface area (Å²) in [5.74, 6) is -0.938. The predicted octanol–water partition coefficient (Wildman–Crippen LogP) is 2.58. The molecule has 13 heavy (non-hydrogen) atoms. The van der Waals surface area contributed by atoms with Gasteiger partial charge in [0, 0.05) is 0 Å². The standard InChI is InChI=1S/C6H5Cl2FN2OS/c1-2-3(7)6(13-11-2)10-5(12)4(8)9/h4H,1H3,(H,10,12). The van der Waals surface area contributed by atoms with Gasteiger partial charge >= 0.3 is 0 Å². The summed E-state index contributed by atoms with van der Waals surface area (Å²) in [5, 5.41) is 2.84. The molecule has 3 nitrogen and oxygen atoms in total. The lowest BCUT2D eigenvalue weighted by Gasteiger charge is -2.00. The van der Waals surface area contributed by atoms with E-state index in [-0.39, 0.29) is 0 Å². The first-order valence-electron chi connectivity index (χ1n) is 3.23. The number of rotatable bonds is 2. The number of aryl methyl sites for hydroxylation is 1. The molecule has 0 saturated heterocycles. The van der Waals surface area contributed by atoms with Gasteiger partial charge in [0.05, 0.1) is 10.7 Å². The van der Waals surface area contributed by atoms with Gasteiger partial charge in [-0.1, -0.05) is 23.2 Å². The van der Waals surface area contributed by atoms with Crippen molar-refractivity contribution in [3.8, 4) is 0 Å². The van der Waals surface area contributed by atoms with Crippen LogP contribution >= 0.6 is 34.7 Å². The van der Waals surface area contributed by atoms with Crippen molar-refractivity contribution in [2.24, 2.45) is 0 Å². The fourth-order valence-electron chi connectivity index (χ4n) is 0.603. The normalized spacial score (nSPS) is 12.6. The van der Waals surface area contributed by atoms with Crippen LogP contribution in [0.5, 0.6) is 0 Å². The molecule has 1 atom stereocenters. The number of nitrogens with zero attached hydrogens (tertiary/aromatic N) is 1. The minimum Gasteiger partial charge on any atom is -0.312 e. The second kappa shape index (κ2) is 4.21. The minimum absolute atomic E-state index is 0.312. The second-order valence-corrected chi connectivity index (χ2v) is 3.74. The molecule has 0 aliphatic rings. The van der Waals surface area contributed by atoms with E-state index in [4.69, 9.17) is 23.2 Å². The summed E-state index contributed by atoms with van der Waals surface area (Å²) in [6.45, 7) is 1.68. The van der Waals surface area contributed by atoms with Crippen LogP contribution in [0.4, 0.5) is 9.39 Å². The van der Waals surface area contributed by atoms with Gasteiger partial charge in [-0.3, -0.25) is 4.79 Å². The minimum atomic E-state index is -2.07. The maximum atomic E-state index is 12.2. The Bertz CT molecular complexity index is 328. The van der Waals surface area contributed by atoms with Gasteiger partial charge in [-0.15, -0.1) is 0 Å². The van der Waals surface area contributed by atoms with Crippen molar-refractivity contribution in [1.29, 1.82) is 0 Å². The van der Waals surface area contributed by atoms with E-state index >= 15 is 0 Å². The zero-order valence-corrected chi connectivity index (χ0v) is 8.80. The summed E-state index contributed by atoms with van der Waals surface area (Å²) in [6, 6.07) is 0. The Hall–Kier alpha value is -0.390. The van der Waals surface area contributed by atoms with Crippen molar-refractivity contribution in [2.75, 3.05) is 5.32 Å². The Morgan fingerprint density at radius 2 is 2.38 bits per heavy atom. The van der Waals surface area contributed by atoms with Crippen LogP contribution in [-0.4, -0.2) is 15.9 Å². The number of alkyl halides is 2. The first-order valence-corrected chi connectivity index (χ1v) is 4.82. The second-order valence-electron chi connectivity index (χ2n) is 2.20. The molecule has 1 rings (SSSR count). The molecular formula is C6H5Cl2FN2OS. The molecule has 0 aliphatic carbocycles. The van der Waals surface area contributed by atoms with Gasteiger partial charge in [0.2, 0.25) is 0 Å². The van der Waals surface area contributed by atoms with Crippen LogP contribution in [0.15, 0.2) is 0 Å². The van der Waals surface area contributed by atoms with Crippen molar-refractivity contribution in [3.05, 3.63) is 10.7 Å². The molecule has 0 spiro atoms. The largest absolute Gasteiger partial charge is 0.312 e. The van der Waals surface area contributed by atoms with Crippen molar-refractivity contribution in [1.82, 2.24) is 4.37 Å². The van der Waals surface area contributed by atoms with Crippen LogP contribution in [0.2, 0.25) is 5.02 Å². The van der Waals surface area contributed by atoms with Crippen LogP contribution in [-0.2, 0) is 4.79 Å². The Kier molecular flexibility index (Phi) is 3.47. The molecule has 0 saturated carbocycles. The molecule has 72 valence electrons. The topological polar surface area (TPSA) is 42.0 Å². The maximum Gasteiger partial charge on any atom is 0.275 e. The summed E-state index contributed by atoms with van der Waals surface area (Å²) in [4.78, 5) is 10.8. The highest BCUT2D eigenvalue weighted by molar-refractivity contribution is 7.11. The zero-order valence-electron chi connectivity index (χ0n) is 6.47. The molecule has 0 fully saturated rings. The number of carbonyl (C=O) groups is 1. The first-order chi connectivity index (χ1) is 6.02. The highest BCUT2D eigenvalue weighted by atomic mass is 35.5. The number of aromatic nitrogens is 1. The highest BCUT2D eigenvalue weighted by Crippen LogP contribution is 2.29. The van der Waals surface area contributed by atoms with E-state index in [1.807, 2.05) is 0 Å². The van der Waals surface area contributed by atoms with E-state index in [0.717, 1.165) is 11.5 Å². The Morgan fingerprint density at radius 1 is 1.77 bits per heavy atom. The van der Waals surface area contributed by atoms with Gasteiger partial charge in [-0.05, 0) is 18.5 Å². The van der Waals surface area contributed by atoms with Crippen molar-refractivity contribution in [3.63, 3.8) is 0 Å². The van der Waals surface area contributed by atoms with E-state index in [2.05, 4.69) is 9.69 Å². The van der Waals surface area contributed by atoms with Crippen LogP contribution in [0.1, 0.15) is 5.69 Å². The van der Waals surface area contributed by atoms with Crippen molar-refractivity contribution in [2.45, 2.75) is 12.6 Å². The van der Waals surface area contributed by atoms with Gasteiger partial charge in [0.25, 0.3) is 11.5 Å². The summed E-state index contributed by atoms with van der Waals surface area (Å²) in [7, 11) is 0. The van der Waals surface area contributed by atoms with Crippen molar-refractivity contribution >= 4 is 45.6 Å². The summed E-state index contributed by atoms with van der Waals surface area (Å²) >= 11 is 11.6. The predicted molar refractivity (Wildman–Crippen MR) is 51.2 cm³/mol. The summed E-state index contributed by atoms with van der Waals surface area (Å²) in [5.41, 5.74) is -1.48. The van der Waals surface area contributed by atoms with E-state index in [1.54, 1.807) is 6.92 Å². The van der Waals surface area contributed by atoms with Gasteiger partial charge in [-0.25, -0.2) is 4.39 Å². The first kappa shape index (κ1) is 10.7. The molecule has 0 radical (unpaired) electrons.